The molecule has 38 heavy (non-hydrogen) atoms. The molecule has 8 nitrogen and oxygen atoms in total. The van der Waals surface area contributed by atoms with Gasteiger partial charge >= 0.3 is 0 Å². The molecule has 2 N–H and O–H groups in total. The summed E-state index contributed by atoms with van der Waals surface area (Å²) in [6.07, 6.45) is 3.21. The van der Waals surface area contributed by atoms with Crippen LogP contribution in [-0.4, -0.2) is 27.1 Å². The van der Waals surface area contributed by atoms with Crippen LogP contribution in [0.2, 0.25) is 5.02 Å². The minimum Gasteiger partial charge on any atom is -0.495 e. The Bertz CT molecular complexity index is 1680. The van der Waals surface area contributed by atoms with Gasteiger partial charge in [0.05, 0.1) is 46.8 Å². The van der Waals surface area contributed by atoms with E-state index in [-0.39, 0.29) is 16.4 Å². The monoisotopic (exact) mass is 531 g/mol. The van der Waals surface area contributed by atoms with E-state index in [9.17, 15) is 14.0 Å². The van der Waals surface area contributed by atoms with Crippen molar-refractivity contribution in [3.05, 3.63) is 100 Å². The van der Waals surface area contributed by atoms with Gasteiger partial charge in [-0.05, 0) is 42.0 Å². The number of nitrogens with zero attached hydrogens (tertiary/aromatic N) is 5. The predicted molar refractivity (Wildman–Crippen MR) is 141 cm³/mol. The topological polar surface area (TPSA) is 101 Å². The van der Waals surface area contributed by atoms with Gasteiger partial charge in [0.25, 0.3) is 0 Å². The lowest BCUT2D eigenvalue weighted by molar-refractivity contribution is 0.416. The Kier molecular flexibility index (Phi) is 6.77. The van der Waals surface area contributed by atoms with Crippen LogP contribution in [0.1, 0.15) is 22.9 Å². The first-order chi connectivity index (χ1) is 18.4. The first kappa shape index (κ1) is 24.9. The van der Waals surface area contributed by atoms with Crippen LogP contribution in [0.4, 0.5) is 25.8 Å². The highest BCUT2D eigenvalue weighted by atomic mass is 35.5. The molecule has 0 amide bonds. The minimum atomic E-state index is -0.552. The molecule has 190 valence electrons. The van der Waals surface area contributed by atoms with E-state index in [1.54, 1.807) is 42.2 Å². The molecule has 5 rings (SSSR count). The average molecular weight is 532 g/mol. The summed E-state index contributed by atoms with van der Waals surface area (Å²) < 4.78 is 34.6. The molecule has 0 aliphatic carbocycles. The van der Waals surface area contributed by atoms with E-state index < -0.39 is 11.9 Å². The number of nitriles is 1. The number of pyridine rings is 1. The third-order valence-corrected chi connectivity index (χ3v) is 6.21. The van der Waals surface area contributed by atoms with E-state index in [2.05, 4.69) is 32.0 Å². The number of nitrogens with one attached hydrogen (secondary N) is 2. The highest BCUT2D eigenvalue weighted by Crippen LogP contribution is 2.38. The van der Waals surface area contributed by atoms with Crippen LogP contribution in [0.3, 0.4) is 0 Å². The Labute approximate surface area is 221 Å². The molecule has 0 aliphatic heterocycles. The molecule has 1 atom stereocenters. The number of rotatable bonds is 7. The molecule has 0 spiro atoms. The summed E-state index contributed by atoms with van der Waals surface area (Å²) >= 11 is 5.97. The second-order valence-electron chi connectivity index (χ2n) is 8.43. The van der Waals surface area contributed by atoms with E-state index in [4.69, 9.17) is 16.3 Å². The lowest BCUT2D eigenvalue weighted by Crippen LogP contribution is -2.14. The fourth-order valence-corrected chi connectivity index (χ4v) is 4.26. The standard InChI is InChI=1S/C27H20ClF2N7O/c1-37-14-24(35-36-37)27(15-3-5-17(29)6-4-15)34-23-10-19-22(11-25(23)38-2)32-13-16(12-31)26(19)33-18-7-8-21(30)20(28)9-18/h3-11,13-14,27,34H,1-2H3,(H,32,33). The van der Waals surface area contributed by atoms with Crippen LogP contribution in [0, 0.1) is 23.0 Å². The van der Waals surface area contributed by atoms with Gasteiger partial charge < -0.3 is 15.4 Å². The van der Waals surface area contributed by atoms with E-state index in [0.29, 0.717) is 39.4 Å². The van der Waals surface area contributed by atoms with Gasteiger partial charge in [-0.25, -0.2) is 8.78 Å². The summed E-state index contributed by atoms with van der Waals surface area (Å²) in [6.45, 7) is 0. The summed E-state index contributed by atoms with van der Waals surface area (Å²) in [7, 11) is 3.29. The molecule has 0 aliphatic rings. The van der Waals surface area contributed by atoms with Gasteiger partial charge in [-0.2, -0.15) is 5.26 Å². The van der Waals surface area contributed by atoms with Crippen LogP contribution < -0.4 is 15.4 Å². The van der Waals surface area contributed by atoms with Crippen molar-refractivity contribution >= 4 is 39.6 Å². The van der Waals surface area contributed by atoms with E-state index in [1.807, 2.05) is 0 Å². The zero-order valence-electron chi connectivity index (χ0n) is 20.2. The van der Waals surface area contributed by atoms with Crippen LogP contribution in [-0.2, 0) is 7.05 Å². The Morgan fingerprint density at radius 1 is 1.11 bits per heavy atom. The van der Waals surface area contributed by atoms with Crippen molar-refractivity contribution in [2.24, 2.45) is 7.05 Å². The normalized spacial score (nSPS) is 11.7. The van der Waals surface area contributed by atoms with Gasteiger partial charge in [0.2, 0.25) is 0 Å². The maximum absolute atomic E-state index is 13.7. The predicted octanol–water partition coefficient (Wildman–Crippen LogP) is 6.12. The number of halogens is 3. The molecule has 0 bridgehead atoms. The number of hydrogen-bond acceptors (Lipinski definition) is 7. The largest absolute Gasteiger partial charge is 0.495 e. The highest BCUT2D eigenvalue weighted by molar-refractivity contribution is 6.31. The van der Waals surface area contributed by atoms with E-state index in [0.717, 1.165) is 5.56 Å². The van der Waals surface area contributed by atoms with Gasteiger partial charge in [-0.1, -0.05) is 28.9 Å². The molecule has 0 fully saturated rings. The third kappa shape index (κ3) is 4.92. The summed E-state index contributed by atoms with van der Waals surface area (Å²) in [5.74, 6) is -0.424. The third-order valence-electron chi connectivity index (χ3n) is 5.92. The Hall–Kier alpha value is -4.75. The van der Waals surface area contributed by atoms with Crippen LogP contribution >= 0.6 is 11.6 Å². The molecule has 1 unspecified atom stereocenters. The van der Waals surface area contributed by atoms with Crippen molar-refractivity contribution in [2.75, 3.05) is 17.7 Å². The fraction of sp³-hybridized carbons (Fsp3) is 0.111. The Morgan fingerprint density at radius 3 is 2.55 bits per heavy atom. The second-order valence-corrected chi connectivity index (χ2v) is 8.84. The Morgan fingerprint density at radius 2 is 1.89 bits per heavy atom. The molecular weight excluding hydrogens is 512 g/mol. The van der Waals surface area contributed by atoms with Crippen molar-refractivity contribution in [1.29, 1.82) is 5.26 Å². The van der Waals surface area contributed by atoms with E-state index in [1.165, 1.54) is 43.6 Å². The van der Waals surface area contributed by atoms with Gasteiger partial charge in [0.15, 0.2) is 0 Å². The quantitative estimate of drug-likeness (QED) is 0.261. The molecular formula is C27H20ClF2N7O. The summed E-state index contributed by atoms with van der Waals surface area (Å²) in [5.41, 5.74) is 3.70. The van der Waals surface area contributed by atoms with Crippen LogP contribution in [0.15, 0.2) is 67.0 Å². The molecule has 11 heteroatoms. The zero-order chi connectivity index (χ0) is 26.8. The van der Waals surface area contributed by atoms with Crippen LogP contribution in [0.25, 0.3) is 10.9 Å². The first-order valence-corrected chi connectivity index (χ1v) is 11.7. The first-order valence-electron chi connectivity index (χ1n) is 11.4. The van der Waals surface area contributed by atoms with Gasteiger partial charge in [-0.3, -0.25) is 9.67 Å². The van der Waals surface area contributed by atoms with Gasteiger partial charge in [0.1, 0.15) is 29.1 Å². The molecule has 2 aromatic heterocycles. The van der Waals surface area contributed by atoms with Crippen molar-refractivity contribution < 1.29 is 13.5 Å². The van der Waals surface area contributed by atoms with Gasteiger partial charge in [0, 0.05) is 30.4 Å². The summed E-state index contributed by atoms with van der Waals surface area (Å²) in [4.78, 5) is 4.42. The number of aryl methyl sites for hydroxylation is 1. The molecule has 5 aromatic rings. The molecule has 0 saturated heterocycles. The number of fused-ring (bicyclic) bond motifs is 1. The number of ether oxygens (including phenoxy) is 1. The smallest absolute Gasteiger partial charge is 0.144 e. The lowest BCUT2D eigenvalue weighted by atomic mass is 10.0. The number of aromatic nitrogens is 4. The van der Waals surface area contributed by atoms with Crippen molar-refractivity contribution in [3.63, 3.8) is 0 Å². The zero-order valence-corrected chi connectivity index (χ0v) is 21.0. The molecule has 3 aromatic carbocycles. The lowest BCUT2D eigenvalue weighted by Gasteiger charge is -2.21. The van der Waals surface area contributed by atoms with Crippen molar-refractivity contribution in [3.8, 4) is 11.8 Å². The minimum absolute atomic E-state index is 0.0537. The number of methoxy groups -OCH3 is 1. The maximum atomic E-state index is 13.7. The fourth-order valence-electron chi connectivity index (χ4n) is 4.08. The number of hydrogen-bond donors (Lipinski definition) is 2. The second kappa shape index (κ2) is 10.3. The summed E-state index contributed by atoms with van der Waals surface area (Å²) in [5, 5.41) is 25.2. The number of benzene rings is 3. The van der Waals surface area contributed by atoms with Crippen molar-refractivity contribution in [1.82, 2.24) is 20.0 Å². The molecule has 2 heterocycles. The SMILES string of the molecule is COc1cc2ncc(C#N)c(Nc3ccc(F)c(Cl)c3)c2cc1NC(c1ccc(F)cc1)c1cn(C)nn1. The molecule has 0 radical (unpaired) electrons. The van der Waals surface area contributed by atoms with E-state index >= 15 is 0 Å². The maximum Gasteiger partial charge on any atom is 0.144 e. The summed E-state index contributed by atoms with van der Waals surface area (Å²) in [6, 6.07) is 15.4. The van der Waals surface area contributed by atoms with Crippen molar-refractivity contribution in [2.45, 2.75) is 6.04 Å². The van der Waals surface area contributed by atoms with Crippen LogP contribution in [0.5, 0.6) is 5.75 Å². The molecule has 0 saturated carbocycles. The Balaban J connectivity index is 1.64. The van der Waals surface area contributed by atoms with Gasteiger partial charge in [-0.15, -0.1) is 5.10 Å². The highest BCUT2D eigenvalue weighted by Gasteiger charge is 2.21. The average Bonchev–Trinajstić information content (AvgIpc) is 3.35. The number of anilines is 3.